The van der Waals surface area contributed by atoms with Crippen LogP contribution in [0.3, 0.4) is 0 Å². The molecule has 4 rings (SSSR count). The Morgan fingerprint density at radius 2 is 2.19 bits per heavy atom. The van der Waals surface area contributed by atoms with Crippen LogP contribution in [0.25, 0.3) is 0 Å². The molecular formula is C16H26N4O. The lowest BCUT2D eigenvalue weighted by Gasteiger charge is -2.27. The smallest absolute Gasteiger partial charge is 0.0644 e. The Balaban J connectivity index is 1.42. The normalized spacial score (nSPS) is 29.8. The lowest BCUT2D eigenvalue weighted by molar-refractivity contribution is 0.266. The molecule has 2 N–H and O–H groups in total. The van der Waals surface area contributed by atoms with Gasteiger partial charge >= 0.3 is 0 Å². The summed E-state index contributed by atoms with van der Waals surface area (Å²) in [5.41, 5.74) is 2.71. The molecule has 3 aliphatic rings. The summed E-state index contributed by atoms with van der Waals surface area (Å²) in [6, 6.07) is 2.00. The van der Waals surface area contributed by atoms with Crippen LogP contribution >= 0.6 is 0 Å². The van der Waals surface area contributed by atoms with Crippen LogP contribution in [0.4, 0.5) is 0 Å². The molecule has 2 atom stereocenters. The van der Waals surface area contributed by atoms with Crippen LogP contribution in [0, 0.1) is 0 Å². The van der Waals surface area contributed by atoms with Gasteiger partial charge in [-0.25, -0.2) is 0 Å². The molecule has 0 bridgehead atoms. The highest BCUT2D eigenvalue weighted by molar-refractivity contribution is 5.25. The minimum absolute atomic E-state index is 0.172. The van der Waals surface area contributed by atoms with Crippen LogP contribution < -0.4 is 5.32 Å². The molecule has 116 valence electrons. The van der Waals surface area contributed by atoms with E-state index in [0.29, 0.717) is 18.6 Å². The summed E-state index contributed by atoms with van der Waals surface area (Å²) in [6.45, 7) is 3.29. The van der Waals surface area contributed by atoms with Gasteiger partial charge in [0, 0.05) is 42.5 Å². The van der Waals surface area contributed by atoms with E-state index in [-0.39, 0.29) is 6.61 Å². The van der Waals surface area contributed by atoms with Gasteiger partial charge in [-0.1, -0.05) is 0 Å². The summed E-state index contributed by atoms with van der Waals surface area (Å²) in [6.07, 6.45) is 9.68. The molecule has 21 heavy (non-hydrogen) atoms. The van der Waals surface area contributed by atoms with Gasteiger partial charge in [0.05, 0.1) is 19.3 Å². The van der Waals surface area contributed by atoms with Crippen LogP contribution in [0.1, 0.15) is 49.4 Å². The van der Waals surface area contributed by atoms with E-state index >= 15 is 0 Å². The first kappa shape index (κ1) is 13.7. The van der Waals surface area contributed by atoms with Crippen molar-refractivity contribution in [2.45, 2.75) is 63.2 Å². The van der Waals surface area contributed by atoms with Gasteiger partial charge in [-0.05, 0) is 38.5 Å². The number of aliphatic hydroxyl groups excluding tert-OH is 1. The molecule has 0 radical (unpaired) electrons. The Kier molecular flexibility index (Phi) is 3.73. The highest BCUT2D eigenvalue weighted by atomic mass is 16.3. The van der Waals surface area contributed by atoms with Crippen LogP contribution in [0.15, 0.2) is 6.20 Å². The van der Waals surface area contributed by atoms with Crippen molar-refractivity contribution in [3.05, 3.63) is 17.5 Å². The van der Waals surface area contributed by atoms with Crippen molar-refractivity contribution in [3.8, 4) is 0 Å². The second-order valence-corrected chi connectivity index (χ2v) is 6.82. The zero-order chi connectivity index (χ0) is 14.2. The fourth-order valence-electron chi connectivity index (χ4n) is 4.06. The fourth-order valence-corrected chi connectivity index (χ4v) is 4.06. The Bertz CT molecular complexity index is 496. The van der Waals surface area contributed by atoms with Crippen molar-refractivity contribution < 1.29 is 5.11 Å². The first-order valence-electron chi connectivity index (χ1n) is 8.50. The van der Waals surface area contributed by atoms with E-state index in [2.05, 4.69) is 15.3 Å². The van der Waals surface area contributed by atoms with Gasteiger partial charge in [-0.3, -0.25) is 9.58 Å². The molecule has 0 aromatic carbocycles. The molecule has 5 heteroatoms. The molecular weight excluding hydrogens is 264 g/mol. The number of nitrogens with one attached hydrogen (secondary N) is 1. The number of hydrogen-bond donors (Lipinski definition) is 2. The monoisotopic (exact) mass is 290 g/mol. The number of aromatic nitrogens is 2. The highest BCUT2D eigenvalue weighted by Crippen LogP contribution is 2.33. The summed E-state index contributed by atoms with van der Waals surface area (Å²) in [5.74, 6) is 0. The molecule has 1 saturated carbocycles. The number of hydrogen-bond acceptors (Lipinski definition) is 4. The maximum atomic E-state index is 9.14. The standard InChI is InChI=1S/C16H26N4O/c21-9-8-20-16-3-1-2-15(14(16)10-17-20)18-12-6-7-19(11-12)13-4-5-13/h10,12-13,15,18,21H,1-9,11H2. The summed E-state index contributed by atoms with van der Waals surface area (Å²) in [5, 5.41) is 17.5. The van der Waals surface area contributed by atoms with Crippen molar-refractivity contribution >= 4 is 0 Å². The van der Waals surface area contributed by atoms with Crippen LogP contribution in [-0.4, -0.2) is 51.6 Å². The van der Waals surface area contributed by atoms with Gasteiger partial charge in [0.1, 0.15) is 0 Å². The van der Waals surface area contributed by atoms with E-state index in [1.165, 1.54) is 56.5 Å². The summed E-state index contributed by atoms with van der Waals surface area (Å²) < 4.78 is 1.99. The van der Waals surface area contributed by atoms with Crippen molar-refractivity contribution in [2.24, 2.45) is 0 Å². The minimum Gasteiger partial charge on any atom is -0.394 e. The summed E-state index contributed by atoms with van der Waals surface area (Å²) >= 11 is 0. The average Bonchev–Trinajstić information content (AvgIpc) is 3.11. The molecule has 0 amide bonds. The highest BCUT2D eigenvalue weighted by Gasteiger charge is 2.35. The Hall–Kier alpha value is -0.910. The molecule has 2 fully saturated rings. The molecule has 2 unspecified atom stereocenters. The SMILES string of the molecule is OCCn1ncc2c1CCCC2NC1CCN(C2CC2)C1. The molecule has 1 aliphatic heterocycles. The second-order valence-electron chi connectivity index (χ2n) is 6.82. The maximum Gasteiger partial charge on any atom is 0.0644 e. The number of aliphatic hydroxyl groups is 1. The van der Waals surface area contributed by atoms with Crippen molar-refractivity contribution in [1.82, 2.24) is 20.0 Å². The van der Waals surface area contributed by atoms with E-state index in [0.717, 1.165) is 12.5 Å². The predicted octanol–water partition coefficient (Wildman–Crippen LogP) is 1.08. The van der Waals surface area contributed by atoms with Crippen LogP contribution in [-0.2, 0) is 13.0 Å². The lowest BCUT2D eigenvalue weighted by atomic mass is 9.92. The van der Waals surface area contributed by atoms with Gasteiger partial charge in [0.2, 0.25) is 0 Å². The van der Waals surface area contributed by atoms with Crippen molar-refractivity contribution in [1.29, 1.82) is 0 Å². The molecule has 2 aliphatic carbocycles. The first-order chi connectivity index (χ1) is 10.3. The zero-order valence-corrected chi connectivity index (χ0v) is 12.7. The number of nitrogens with zero attached hydrogens (tertiary/aromatic N) is 3. The third-order valence-electron chi connectivity index (χ3n) is 5.29. The van der Waals surface area contributed by atoms with Gasteiger partial charge < -0.3 is 10.4 Å². The Morgan fingerprint density at radius 3 is 3.00 bits per heavy atom. The van der Waals surface area contributed by atoms with E-state index in [1.807, 2.05) is 10.9 Å². The maximum absolute atomic E-state index is 9.14. The number of likely N-dealkylation sites (tertiary alicyclic amines) is 1. The molecule has 5 nitrogen and oxygen atoms in total. The van der Waals surface area contributed by atoms with E-state index in [4.69, 9.17) is 5.11 Å². The molecule has 1 aromatic heterocycles. The van der Waals surface area contributed by atoms with Crippen LogP contribution in [0.2, 0.25) is 0 Å². The first-order valence-corrected chi connectivity index (χ1v) is 8.50. The van der Waals surface area contributed by atoms with Gasteiger partial charge in [0.25, 0.3) is 0 Å². The molecule has 2 heterocycles. The molecule has 0 spiro atoms. The lowest BCUT2D eigenvalue weighted by Crippen LogP contribution is -2.37. The Morgan fingerprint density at radius 1 is 1.29 bits per heavy atom. The summed E-state index contributed by atoms with van der Waals surface area (Å²) in [7, 11) is 0. The quantitative estimate of drug-likeness (QED) is 0.852. The fraction of sp³-hybridized carbons (Fsp3) is 0.812. The second kappa shape index (κ2) is 5.71. The summed E-state index contributed by atoms with van der Waals surface area (Å²) in [4.78, 5) is 2.66. The molecule has 1 saturated heterocycles. The number of fused-ring (bicyclic) bond motifs is 1. The minimum atomic E-state index is 0.172. The zero-order valence-electron chi connectivity index (χ0n) is 12.7. The van der Waals surface area contributed by atoms with Gasteiger partial charge in [0.15, 0.2) is 0 Å². The average molecular weight is 290 g/mol. The number of rotatable bonds is 5. The van der Waals surface area contributed by atoms with E-state index in [1.54, 1.807) is 0 Å². The van der Waals surface area contributed by atoms with Crippen LogP contribution in [0.5, 0.6) is 0 Å². The largest absolute Gasteiger partial charge is 0.394 e. The topological polar surface area (TPSA) is 53.3 Å². The Labute approximate surface area is 126 Å². The molecule has 1 aromatic rings. The van der Waals surface area contributed by atoms with Gasteiger partial charge in [-0.15, -0.1) is 0 Å². The third kappa shape index (κ3) is 2.74. The van der Waals surface area contributed by atoms with E-state index in [9.17, 15) is 0 Å². The van der Waals surface area contributed by atoms with Crippen molar-refractivity contribution in [2.75, 3.05) is 19.7 Å². The predicted molar refractivity (Wildman–Crippen MR) is 81.1 cm³/mol. The van der Waals surface area contributed by atoms with Gasteiger partial charge in [-0.2, -0.15) is 5.10 Å². The van der Waals surface area contributed by atoms with Crippen molar-refractivity contribution in [3.63, 3.8) is 0 Å². The van der Waals surface area contributed by atoms with E-state index < -0.39 is 0 Å². The third-order valence-corrected chi connectivity index (χ3v) is 5.29.